The van der Waals surface area contributed by atoms with E-state index in [0.29, 0.717) is 12.0 Å². The van der Waals surface area contributed by atoms with Gasteiger partial charge < -0.3 is 4.90 Å². The highest BCUT2D eigenvalue weighted by atomic mass is 16.1. The van der Waals surface area contributed by atoms with E-state index in [2.05, 4.69) is 41.3 Å². The number of Topliss-reactive ketones (excluding diaryl/α,β-unsaturated/α-hetero) is 1. The summed E-state index contributed by atoms with van der Waals surface area (Å²) in [5, 5.41) is 0. The van der Waals surface area contributed by atoms with Crippen LogP contribution in [0.3, 0.4) is 0 Å². The van der Waals surface area contributed by atoms with Gasteiger partial charge in [-0.05, 0) is 37.3 Å². The van der Waals surface area contributed by atoms with Crippen molar-refractivity contribution in [2.75, 3.05) is 11.4 Å². The van der Waals surface area contributed by atoms with Crippen LogP contribution in [0.25, 0.3) is 11.1 Å². The summed E-state index contributed by atoms with van der Waals surface area (Å²) in [4.78, 5) is 15.4. The fraction of sp³-hybridized carbons (Fsp3) is 0.458. The van der Waals surface area contributed by atoms with E-state index in [1.54, 1.807) is 0 Å². The lowest BCUT2D eigenvalue weighted by Gasteiger charge is -2.44. The first-order chi connectivity index (χ1) is 12.7. The molecule has 1 aliphatic heterocycles. The molecule has 1 saturated heterocycles. The number of anilines is 1. The Balaban J connectivity index is 1.87. The molecule has 26 heavy (non-hydrogen) atoms. The van der Waals surface area contributed by atoms with E-state index in [0.717, 1.165) is 23.2 Å². The van der Waals surface area contributed by atoms with Crippen LogP contribution in [0.4, 0.5) is 5.69 Å². The van der Waals surface area contributed by atoms with Crippen molar-refractivity contribution in [3.8, 4) is 11.1 Å². The standard InChI is InChI=1S/C24H29NO/c1-2-22(26)20-13-9-14-21(23(20)19-11-5-3-6-12-19)25-18-10-17-24(25)15-7-4-8-16-24/h3,5-6,9,11-14H,2,4,7-8,10,15-18H2,1H3. The average molecular weight is 348 g/mol. The van der Waals surface area contributed by atoms with Gasteiger partial charge in [0.2, 0.25) is 0 Å². The van der Waals surface area contributed by atoms with Crippen molar-refractivity contribution in [3.63, 3.8) is 0 Å². The fourth-order valence-electron chi connectivity index (χ4n) is 5.14. The van der Waals surface area contributed by atoms with Crippen LogP contribution in [0.5, 0.6) is 0 Å². The highest BCUT2D eigenvalue weighted by Gasteiger charge is 2.42. The third kappa shape index (κ3) is 2.96. The van der Waals surface area contributed by atoms with Gasteiger partial charge in [0.25, 0.3) is 0 Å². The maximum atomic E-state index is 12.7. The van der Waals surface area contributed by atoms with E-state index in [1.165, 1.54) is 50.6 Å². The predicted molar refractivity (Wildman–Crippen MR) is 109 cm³/mol. The van der Waals surface area contributed by atoms with Gasteiger partial charge in [0, 0.05) is 35.3 Å². The maximum Gasteiger partial charge on any atom is 0.163 e. The van der Waals surface area contributed by atoms with Gasteiger partial charge in [-0.3, -0.25) is 4.79 Å². The minimum Gasteiger partial charge on any atom is -0.365 e. The molecule has 1 heterocycles. The van der Waals surface area contributed by atoms with E-state index in [9.17, 15) is 4.79 Å². The van der Waals surface area contributed by atoms with Crippen LogP contribution in [-0.4, -0.2) is 17.9 Å². The van der Waals surface area contributed by atoms with Crippen LogP contribution in [0.15, 0.2) is 48.5 Å². The largest absolute Gasteiger partial charge is 0.365 e. The van der Waals surface area contributed by atoms with Crippen LogP contribution in [0, 0.1) is 0 Å². The van der Waals surface area contributed by atoms with E-state index in [-0.39, 0.29) is 5.78 Å². The van der Waals surface area contributed by atoms with Crippen molar-refractivity contribution >= 4 is 11.5 Å². The Hall–Kier alpha value is -2.09. The van der Waals surface area contributed by atoms with Crippen LogP contribution >= 0.6 is 0 Å². The zero-order valence-electron chi connectivity index (χ0n) is 15.8. The quantitative estimate of drug-likeness (QED) is 0.609. The highest BCUT2D eigenvalue weighted by Crippen LogP contribution is 2.47. The monoisotopic (exact) mass is 347 g/mol. The molecule has 0 unspecified atom stereocenters. The summed E-state index contributed by atoms with van der Waals surface area (Å²) in [5.41, 5.74) is 4.78. The molecule has 2 aromatic carbocycles. The van der Waals surface area contributed by atoms with Gasteiger partial charge in [-0.1, -0.05) is 68.7 Å². The number of carbonyl (C=O) groups excluding carboxylic acids is 1. The molecule has 1 aliphatic carbocycles. The van der Waals surface area contributed by atoms with Gasteiger partial charge in [-0.25, -0.2) is 0 Å². The summed E-state index contributed by atoms with van der Waals surface area (Å²) in [6, 6.07) is 16.8. The molecular weight excluding hydrogens is 318 g/mol. The molecule has 2 aromatic rings. The number of rotatable bonds is 4. The molecule has 0 amide bonds. The first-order valence-corrected chi connectivity index (χ1v) is 10.2. The molecule has 0 bridgehead atoms. The number of ketones is 1. The zero-order valence-corrected chi connectivity index (χ0v) is 15.8. The number of carbonyl (C=O) groups is 1. The number of benzene rings is 2. The molecule has 2 nitrogen and oxygen atoms in total. The van der Waals surface area contributed by atoms with E-state index in [1.807, 2.05) is 19.1 Å². The van der Waals surface area contributed by atoms with Crippen LogP contribution in [-0.2, 0) is 0 Å². The maximum absolute atomic E-state index is 12.7. The number of nitrogens with zero attached hydrogens (tertiary/aromatic N) is 1. The summed E-state index contributed by atoms with van der Waals surface area (Å²) in [6.45, 7) is 3.08. The Morgan fingerprint density at radius 3 is 2.38 bits per heavy atom. The lowest BCUT2D eigenvalue weighted by Crippen LogP contribution is -2.45. The highest BCUT2D eigenvalue weighted by molar-refractivity contribution is 6.05. The second-order valence-corrected chi connectivity index (χ2v) is 7.88. The fourth-order valence-corrected chi connectivity index (χ4v) is 5.14. The Labute approximate surface area is 157 Å². The van der Waals surface area contributed by atoms with Crippen molar-refractivity contribution in [1.29, 1.82) is 0 Å². The molecule has 2 aliphatic rings. The first-order valence-electron chi connectivity index (χ1n) is 10.2. The Kier molecular flexibility index (Phi) is 4.84. The molecule has 0 aromatic heterocycles. The molecule has 0 atom stereocenters. The van der Waals surface area contributed by atoms with Gasteiger partial charge in [0.15, 0.2) is 5.78 Å². The summed E-state index contributed by atoms with van der Waals surface area (Å²) in [7, 11) is 0. The Bertz CT molecular complexity index is 774. The topological polar surface area (TPSA) is 20.3 Å². The molecule has 0 N–H and O–H groups in total. The van der Waals surface area contributed by atoms with Gasteiger partial charge in [-0.15, -0.1) is 0 Å². The molecule has 2 fully saturated rings. The zero-order chi connectivity index (χ0) is 18.0. The average Bonchev–Trinajstić information content (AvgIpc) is 3.10. The van der Waals surface area contributed by atoms with E-state index < -0.39 is 0 Å². The third-order valence-electron chi connectivity index (χ3n) is 6.40. The van der Waals surface area contributed by atoms with Gasteiger partial charge in [0.05, 0.1) is 0 Å². The minimum atomic E-state index is 0.239. The first kappa shape index (κ1) is 17.3. The van der Waals surface area contributed by atoms with Crippen LogP contribution < -0.4 is 4.90 Å². The molecule has 1 spiro atoms. The normalized spacial score (nSPS) is 19.0. The van der Waals surface area contributed by atoms with Crippen molar-refractivity contribution in [2.45, 2.75) is 63.8 Å². The third-order valence-corrected chi connectivity index (χ3v) is 6.40. The summed E-state index contributed by atoms with van der Waals surface area (Å²) in [5.74, 6) is 0.239. The lowest BCUT2D eigenvalue weighted by molar-refractivity contribution is 0.0988. The van der Waals surface area contributed by atoms with Crippen LogP contribution in [0.2, 0.25) is 0 Å². The number of hydrogen-bond acceptors (Lipinski definition) is 2. The van der Waals surface area contributed by atoms with E-state index in [4.69, 9.17) is 0 Å². The predicted octanol–water partition coefficient (Wildman–Crippen LogP) is 6.25. The molecule has 1 saturated carbocycles. The van der Waals surface area contributed by atoms with Gasteiger partial charge >= 0.3 is 0 Å². The van der Waals surface area contributed by atoms with Crippen molar-refractivity contribution in [1.82, 2.24) is 0 Å². The summed E-state index contributed by atoms with van der Waals surface area (Å²) >= 11 is 0. The second kappa shape index (κ2) is 7.26. The van der Waals surface area contributed by atoms with Crippen molar-refractivity contribution in [2.24, 2.45) is 0 Å². The smallest absolute Gasteiger partial charge is 0.163 e. The summed E-state index contributed by atoms with van der Waals surface area (Å²) in [6.07, 6.45) is 9.76. The van der Waals surface area contributed by atoms with Crippen molar-refractivity contribution < 1.29 is 4.79 Å². The molecule has 4 rings (SSSR count). The van der Waals surface area contributed by atoms with Gasteiger partial charge in [0.1, 0.15) is 0 Å². The van der Waals surface area contributed by atoms with Crippen molar-refractivity contribution in [3.05, 3.63) is 54.1 Å². The molecular formula is C24H29NO. The molecule has 0 radical (unpaired) electrons. The van der Waals surface area contributed by atoms with E-state index >= 15 is 0 Å². The SMILES string of the molecule is CCC(=O)c1cccc(N2CCCC23CCCCC3)c1-c1ccccc1. The van der Waals surface area contributed by atoms with Gasteiger partial charge in [-0.2, -0.15) is 0 Å². The minimum absolute atomic E-state index is 0.239. The lowest BCUT2D eigenvalue weighted by atomic mass is 9.79. The Morgan fingerprint density at radius 2 is 1.65 bits per heavy atom. The molecule has 136 valence electrons. The number of hydrogen-bond donors (Lipinski definition) is 0. The Morgan fingerprint density at radius 1 is 0.923 bits per heavy atom. The second-order valence-electron chi connectivity index (χ2n) is 7.88. The molecule has 2 heteroatoms. The summed E-state index contributed by atoms with van der Waals surface area (Å²) < 4.78 is 0. The van der Waals surface area contributed by atoms with Crippen LogP contribution in [0.1, 0.15) is 68.6 Å².